The number of fused-ring (bicyclic) bond motifs is 1. The fraction of sp³-hybridized carbons (Fsp3) is 0.143. The van der Waals surface area contributed by atoms with Crippen LogP contribution in [0.2, 0.25) is 0 Å². The van der Waals surface area contributed by atoms with E-state index in [0.29, 0.717) is 0 Å². The number of benzene rings is 1. The van der Waals surface area contributed by atoms with E-state index in [9.17, 15) is 0 Å². The minimum absolute atomic E-state index is 0.812. The monoisotopic (exact) mass is 286 g/mol. The first-order chi connectivity index (χ1) is 9.80. The molecule has 0 amide bonds. The van der Waals surface area contributed by atoms with Gasteiger partial charge in [0.1, 0.15) is 16.6 Å². The molecule has 0 fully saturated rings. The van der Waals surface area contributed by atoms with E-state index < -0.39 is 0 Å². The molecule has 3 aromatic rings. The summed E-state index contributed by atoms with van der Waals surface area (Å²) in [6, 6.07) is 7.90. The van der Waals surface area contributed by atoms with Crippen LogP contribution in [0.25, 0.3) is 5.65 Å². The second kappa shape index (κ2) is 5.42. The Morgan fingerprint density at radius 1 is 1.25 bits per heavy atom. The van der Waals surface area contributed by atoms with Crippen LogP contribution >= 0.6 is 11.8 Å². The zero-order valence-corrected chi connectivity index (χ0v) is 12.0. The van der Waals surface area contributed by atoms with Crippen molar-refractivity contribution in [1.82, 2.24) is 14.4 Å². The predicted molar refractivity (Wildman–Crippen MR) is 79.7 cm³/mol. The molecule has 0 unspecified atom stereocenters. The summed E-state index contributed by atoms with van der Waals surface area (Å²) < 4.78 is 7.13. The molecular weight excluding hydrogens is 272 g/mol. The van der Waals surface area contributed by atoms with E-state index in [2.05, 4.69) is 15.3 Å². The van der Waals surface area contributed by atoms with E-state index in [-0.39, 0.29) is 0 Å². The van der Waals surface area contributed by atoms with E-state index in [1.807, 2.05) is 48.1 Å². The maximum Gasteiger partial charge on any atom is 0.170 e. The Hall–Kier alpha value is -2.21. The second-order valence-corrected chi connectivity index (χ2v) is 5.18. The van der Waals surface area contributed by atoms with Crippen molar-refractivity contribution in [1.29, 1.82) is 0 Å². The summed E-state index contributed by atoms with van der Waals surface area (Å²) in [5.41, 5.74) is 0.852. The molecule has 1 aromatic carbocycles. The highest BCUT2D eigenvalue weighted by atomic mass is 32.2. The highest BCUT2D eigenvalue weighted by Crippen LogP contribution is 2.30. The van der Waals surface area contributed by atoms with Gasteiger partial charge in [-0.3, -0.25) is 0 Å². The first-order valence-corrected chi connectivity index (χ1v) is 6.95. The van der Waals surface area contributed by atoms with Crippen LogP contribution in [0.3, 0.4) is 0 Å². The molecule has 0 spiro atoms. The maximum absolute atomic E-state index is 5.16. The second-order valence-electron chi connectivity index (χ2n) is 4.12. The van der Waals surface area contributed by atoms with Crippen molar-refractivity contribution in [3.8, 4) is 5.75 Å². The molecule has 0 atom stereocenters. The van der Waals surface area contributed by atoms with Crippen molar-refractivity contribution in [2.75, 3.05) is 19.5 Å². The molecule has 1 N–H and O–H groups in total. The fourth-order valence-electron chi connectivity index (χ4n) is 1.85. The van der Waals surface area contributed by atoms with Gasteiger partial charge in [0.05, 0.1) is 13.3 Å². The van der Waals surface area contributed by atoms with Crippen LogP contribution in [0, 0.1) is 0 Å². The molecule has 3 rings (SSSR count). The van der Waals surface area contributed by atoms with Crippen LogP contribution in [0.15, 0.2) is 52.8 Å². The summed E-state index contributed by atoms with van der Waals surface area (Å²) in [5, 5.41) is 3.93. The molecule has 6 heteroatoms. The van der Waals surface area contributed by atoms with Crippen LogP contribution in [-0.2, 0) is 0 Å². The third kappa shape index (κ3) is 2.42. The third-order valence-electron chi connectivity index (χ3n) is 2.87. The van der Waals surface area contributed by atoms with Crippen LogP contribution in [-0.4, -0.2) is 28.5 Å². The molecule has 20 heavy (non-hydrogen) atoms. The van der Waals surface area contributed by atoms with Gasteiger partial charge in [0.15, 0.2) is 5.65 Å². The average molecular weight is 286 g/mol. The van der Waals surface area contributed by atoms with Crippen molar-refractivity contribution in [3.63, 3.8) is 0 Å². The van der Waals surface area contributed by atoms with Crippen LogP contribution in [0.4, 0.5) is 5.82 Å². The van der Waals surface area contributed by atoms with Gasteiger partial charge >= 0.3 is 0 Å². The molecule has 0 aliphatic rings. The first kappa shape index (κ1) is 12.8. The number of imidazole rings is 1. The maximum atomic E-state index is 5.16. The van der Waals surface area contributed by atoms with Crippen molar-refractivity contribution in [3.05, 3.63) is 42.9 Å². The van der Waals surface area contributed by atoms with Gasteiger partial charge in [-0.2, -0.15) is 0 Å². The smallest absolute Gasteiger partial charge is 0.170 e. The predicted octanol–water partition coefficient (Wildman–Crippen LogP) is 2.93. The number of anilines is 1. The lowest BCUT2D eigenvalue weighted by Crippen LogP contribution is -1.98. The lowest BCUT2D eigenvalue weighted by Gasteiger charge is -2.07. The Morgan fingerprint density at radius 3 is 2.75 bits per heavy atom. The zero-order valence-electron chi connectivity index (χ0n) is 11.2. The molecule has 0 aliphatic carbocycles. The number of ether oxygens (including phenoxy) is 1. The lowest BCUT2D eigenvalue weighted by molar-refractivity contribution is 0.414. The summed E-state index contributed by atoms with van der Waals surface area (Å²) >= 11 is 1.58. The van der Waals surface area contributed by atoms with Crippen LogP contribution in [0.5, 0.6) is 5.75 Å². The number of rotatable bonds is 4. The highest BCUT2D eigenvalue weighted by Gasteiger charge is 2.09. The van der Waals surface area contributed by atoms with Gasteiger partial charge < -0.3 is 14.5 Å². The van der Waals surface area contributed by atoms with E-state index in [1.54, 1.807) is 25.1 Å². The molecule has 2 heterocycles. The third-order valence-corrected chi connectivity index (χ3v) is 3.85. The van der Waals surface area contributed by atoms with Gasteiger partial charge in [-0.1, -0.05) is 11.8 Å². The van der Waals surface area contributed by atoms with Gasteiger partial charge in [0.25, 0.3) is 0 Å². The standard InChI is InChI=1S/C14H14N4OS/c1-15-12-9-18-8-7-16-13(18)14(17-12)20-11-5-3-10(19-2)4-6-11/h3-9,15H,1-2H3. The van der Waals surface area contributed by atoms with Crippen molar-refractivity contribution in [2.45, 2.75) is 9.92 Å². The van der Waals surface area contributed by atoms with E-state index >= 15 is 0 Å². The highest BCUT2D eigenvalue weighted by molar-refractivity contribution is 7.99. The van der Waals surface area contributed by atoms with Crippen LogP contribution < -0.4 is 10.1 Å². The summed E-state index contributed by atoms with van der Waals surface area (Å²) in [5.74, 6) is 1.66. The normalized spacial score (nSPS) is 10.7. The van der Waals surface area contributed by atoms with Crippen LogP contribution in [0.1, 0.15) is 0 Å². The average Bonchev–Trinajstić information content (AvgIpc) is 2.96. The Bertz CT molecular complexity index is 724. The lowest BCUT2D eigenvalue weighted by atomic mass is 10.3. The topological polar surface area (TPSA) is 51.5 Å². The minimum Gasteiger partial charge on any atom is -0.497 e. The molecule has 2 aromatic heterocycles. The van der Waals surface area contributed by atoms with Gasteiger partial charge in [-0.05, 0) is 24.3 Å². The SMILES string of the molecule is CNc1cn2ccnc2c(Sc2ccc(OC)cc2)n1. The zero-order chi connectivity index (χ0) is 13.9. The summed E-state index contributed by atoms with van der Waals surface area (Å²) in [6.45, 7) is 0. The molecule has 0 bridgehead atoms. The summed E-state index contributed by atoms with van der Waals surface area (Å²) in [7, 11) is 3.51. The number of methoxy groups -OCH3 is 1. The fourth-order valence-corrected chi connectivity index (χ4v) is 2.74. The van der Waals surface area contributed by atoms with Crippen molar-refractivity contribution in [2.24, 2.45) is 0 Å². The largest absolute Gasteiger partial charge is 0.497 e. The Balaban J connectivity index is 1.98. The quantitative estimate of drug-likeness (QED) is 0.799. The Labute approximate surface area is 121 Å². The van der Waals surface area contributed by atoms with Crippen molar-refractivity contribution >= 4 is 23.2 Å². The molecule has 102 valence electrons. The van der Waals surface area contributed by atoms with E-state index in [1.165, 1.54) is 0 Å². The van der Waals surface area contributed by atoms with Gasteiger partial charge in [-0.25, -0.2) is 9.97 Å². The Kier molecular flexibility index (Phi) is 3.47. The number of hydrogen-bond donors (Lipinski definition) is 1. The minimum atomic E-state index is 0.812. The van der Waals surface area contributed by atoms with E-state index in [0.717, 1.165) is 27.1 Å². The van der Waals surface area contributed by atoms with Gasteiger partial charge in [-0.15, -0.1) is 0 Å². The van der Waals surface area contributed by atoms with Gasteiger partial charge in [0.2, 0.25) is 0 Å². The van der Waals surface area contributed by atoms with E-state index in [4.69, 9.17) is 4.74 Å². The summed E-state index contributed by atoms with van der Waals surface area (Å²) in [6.07, 6.45) is 5.60. The number of nitrogens with zero attached hydrogens (tertiary/aromatic N) is 3. The van der Waals surface area contributed by atoms with Gasteiger partial charge in [0, 0.05) is 24.3 Å². The molecule has 0 aliphatic heterocycles. The number of nitrogens with one attached hydrogen (secondary N) is 1. The number of aromatic nitrogens is 3. The van der Waals surface area contributed by atoms with Crippen molar-refractivity contribution < 1.29 is 4.74 Å². The Morgan fingerprint density at radius 2 is 2.05 bits per heavy atom. The molecule has 0 saturated carbocycles. The number of hydrogen-bond acceptors (Lipinski definition) is 5. The molecule has 5 nitrogen and oxygen atoms in total. The molecule has 0 saturated heterocycles. The first-order valence-electron chi connectivity index (χ1n) is 6.13. The summed E-state index contributed by atoms with van der Waals surface area (Å²) in [4.78, 5) is 10.0. The molecular formula is C14H14N4OS. The molecule has 0 radical (unpaired) electrons.